The van der Waals surface area contributed by atoms with Gasteiger partial charge in [0.2, 0.25) is 0 Å². The molecule has 1 aliphatic rings. The van der Waals surface area contributed by atoms with Crippen LogP contribution in [-0.2, 0) is 0 Å². The third kappa shape index (κ3) is 2.89. The number of rotatable bonds is 4. The molecular formula is C14H14ClN3OS2. The van der Waals surface area contributed by atoms with Crippen molar-refractivity contribution >= 4 is 40.3 Å². The zero-order chi connectivity index (χ0) is 14.8. The van der Waals surface area contributed by atoms with E-state index in [2.05, 4.69) is 10.3 Å². The van der Waals surface area contributed by atoms with E-state index in [9.17, 15) is 5.11 Å². The molecule has 1 aliphatic heterocycles. The summed E-state index contributed by atoms with van der Waals surface area (Å²) in [6, 6.07) is 9.67. The number of β-amino-alcohol motifs (C(OH)–C–C–N with tert-alkyl or cyclic N) is 1. The van der Waals surface area contributed by atoms with Gasteiger partial charge in [-0.15, -0.1) is 11.3 Å². The highest BCUT2D eigenvalue weighted by Crippen LogP contribution is 2.41. The lowest BCUT2D eigenvalue weighted by Gasteiger charge is -2.25. The summed E-state index contributed by atoms with van der Waals surface area (Å²) in [5.41, 5.74) is 0.926. The van der Waals surface area contributed by atoms with Crippen molar-refractivity contribution in [2.75, 3.05) is 13.2 Å². The molecule has 21 heavy (non-hydrogen) atoms. The lowest BCUT2D eigenvalue weighted by Crippen LogP contribution is -2.31. The second kappa shape index (κ2) is 6.27. The molecule has 0 spiro atoms. The standard InChI is InChI=1S/C14H14ClN3OS2/c15-11-5-4-10(21-11)13-12(9-3-1-2-6-16-9)17-14(20)18(13)7-8-19/h1-6,12-13,19H,7-8H2,(H,17,20)/t12-,13+/m1/s1. The summed E-state index contributed by atoms with van der Waals surface area (Å²) in [4.78, 5) is 7.54. The Hall–Kier alpha value is -1.21. The fraction of sp³-hybridized carbons (Fsp3) is 0.286. The van der Waals surface area contributed by atoms with Crippen molar-refractivity contribution in [2.24, 2.45) is 0 Å². The van der Waals surface area contributed by atoms with Crippen molar-refractivity contribution in [3.63, 3.8) is 0 Å². The van der Waals surface area contributed by atoms with Gasteiger partial charge in [0.1, 0.15) is 0 Å². The zero-order valence-corrected chi connectivity index (χ0v) is 13.5. The number of hydrogen-bond acceptors (Lipinski definition) is 4. The van der Waals surface area contributed by atoms with E-state index in [-0.39, 0.29) is 18.7 Å². The van der Waals surface area contributed by atoms with Gasteiger partial charge in [0.05, 0.1) is 28.7 Å². The Balaban J connectivity index is 2.00. The number of thiophene rings is 1. The van der Waals surface area contributed by atoms with Crippen LogP contribution in [0.15, 0.2) is 36.5 Å². The largest absolute Gasteiger partial charge is 0.395 e. The van der Waals surface area contributed by atoms with Crippen LogP contribution < -0.4 is 5.32 Å². The zero-order valence-electron chi connectivity index (χ0n) is 11.1. The number of pyridine rings is 1. The van der Waals surface area contributed by atoms with Crippen LogP contribution in [-0.4, -0.2) is 33.3 Å². The molecule has 0 aliphatic carbocycles. The summed E-state index contributed by atoms with van der Waals surface area (Å²) >= 11 is 13.0. The molecule has 0 saturated carbocycles. The average molecular weight is 340 g/mol. The molecule has 2 aromatic rings. The number of thiocarbonyl (C=S) groups is 1. The van der Waals surface area contributed by atoms with Crippen LogP contribution in [0, 0.1) is 0 Å². The SMILES string of the molecule is OCCN1C(=S)N[C@H](c2ccccn2)[C@@H]1c1ccc(Cl)s1. The van der Waals surface area contributed by atoms with Gasteiger partial charge < -0.3 is 15.3 Å². The van der Waals surface area contributed by atoms with E-state index in [4.69, 9.17) is 23.8 Å². The van der Waals surface area contributed by atoms with E-state index in [1.54, 1.807) is 6.20 Å². The molecule has 2 N–H and O–H groups in total. The van der Waals surface area contributed by atoms with Crippen LogP contribution in [0.3, 0.4) is 0 Å². The maximum atomic E-state index is 9.30. The van der Waals surface area contributed by atoms with E-state index in [0.29, 0.717) is 11.7 Å². The molecule has 0 unspecified atom stereocenters. The first kappa shape index (κ1) is 14.7. The quantitative estimate of drug-likeness (QED) is 0.839. The number of halogens is 1. The molecule has 2 aromatic heterocycles. The molecule has 7 heteroatoms. The fourth-order valence-corrected chi connectivity index (χ4v) is 4.09. The summed E-state index contributed by atoms with van der Waals surface area (Å²) in [6.07, 6.45) is 1.77. The molecule has 0 radical (unpaired) electrons. The van der Waals surface area contributed by atoms with Crippen molar-refractivity contribution in [2.45, 2.75) is 12.1 Å². The molecule has 110 valence electrons. The summed E-state index contributed by atoms with van der Waals surface area (Å²) in [5, 5.41) is 13.2. The molecule has 3 rings (SSSR count). The van der Waals surface area contributed by atoms with Crippen LogP contribution in [0.25, 0.3) is 0 Å². The van der Waals surface area contributed by atoms with Gasteiger partial charge in [0.15, 0.2) is 5.11 Å². The highest BCUT2D eigenvalue weighted by atomic mass is 35.5. The number of nitrogens with zero attached hydrogens (tertiary/aromatic N) is 2. The van der Waals surface area contributed by atoms with Gasteiger partial charge in [0.25, 0.3) is 0 Å². The van der Waals surface area contributed by atoms with E-state index in [1.165, 1.54) is 11.3 Å². The van der Waals surface area contributed by atoms with Crippen molar-refractivity contribution in [1.82, 2.24) is 15.2 Å². The van der Waals surface area contributed by atoms with Crippen molar-refractivity contribution in [3.8, 4) is 0 Å². The smallest absolute Gasteiger partial charge is 0.170 e. The Morgan fingerprint density at radius 3 is 2.86 bits per heavy atom. The van der Waals surface area contributed by atoms with Gasteiger partial charge in [-0.2, -0.15) is 0 Å². The molecular weight excluding hydrogens is 326 g/mol. The van der Waals surface area contributed by atoms with E-state index >= 15 is 0 Å². The first-order valence-corrected chi connectivity index (χ1v) is 8.15. The number of nitrogens with one attached hydrogen (secondary N) is 1. The summed E-state index contributed by atoms with van der Waals surface area (Å²) in [5.74, 6) is 0. The Kier molecular flexibility index (Phi) is 4.40. The van der Waals surface area contributed by atoms with Gasteiger partial charge in [0, 0.05) is 17.6 Å². The molecule has 2 atom stereocenters. The maximum Gasteiger partial charge on any atom is 0.170 e. The van der Waals surface area contributed by atoms with E-state index in [1.807, 2.05) is 35.2 Å². The highest BCUT2D eigenvalue weighted by Gasteiger charge is 2.40. The summed E-state index contributed by atoms with van der Waals surface area (Å²) in [6.45, 7) is 0.529. The predicted octanol–water partition coefficient (Wildman–Crippen LogP) is 2.76. The molecule has 4 nitrogen and oxygen atoms in total. The molecule has 0 aromatic carbocycles. The van der Waals surface area contributed by atoms with Crippen molar-refractivity contribution in [1.29, 1.82) is 0 Å². The normalized spacial score (nSPS) is 21.6. The van der Waals surface area contributed by atoms with Gasteiger partial charge >= 0.3 is 0 Å². The Morgan fingerprint density at radius 1 is 1.38 bits per heavy atom. The number of aromatic nitrogens is 1. The van der Waals surface area contributed by atoms with E-state index in [0.717, 1.165) is 14.9 Å². The predicted molar refractivity (Wildman–Crippen MR) is 88.6 cm³/mol. The van der Waals surface area contributed by atoms with Gasteiger partial charge in [-0.25, -0.2) is 0 Å². The van der Waals surface area contributed by atoms with Gasteiger partial charge in [-0.1, -0.05) is 17.7 Å². The van der Waals surface area contributed by atoms with Crippen LogP contribution in [0.2, 0.25) is 4.34 Å². The minimum Gasteiger partial charge on any atom is -0.395 e. The molecule has 0 bridgehead atoms. The third-order valence-corrected chi connectivity index (χ3v) is 5.08. The Morgan fingerprint density at radius 2 is 2.24 bits per heavy atom. The van der Waals surface area contributed by atoms with Gasteiger partial charge in [-0.3, -0.25) is 4.98 Å². The first-order chi connectivity index (χ1) is 10.2. The summed E-state index contributed by atoms with van der Waals surface area (Å²) < 4.78 is 0.742. The number of hydrogen-bond donors (Lipinski definition) is 2. The second-order valence-electron chi connectivity index (χ2n) is 4.69. The van der Waals surface area contributed by atoms with Crippen molar-refractivity contribution < 1.29 is 5.11 Å². The van der Waals surface area contributed by atoms with Crippen molar-refractivity contribution in [3.05, 3.63) is 51.4 Å². The Labute approximate surface area is 137 Å². The fourth-order valence-electron chi connectivity index (χ4n) is 2.55. The third-order valence-electron chi connectivity index (χ3n) is 3.42. The molecule has 1 saturated heterocycles. The number of aliphatic hydroxyl groups is 1. The molecule has 3 heterocycles. The lowest BCUT2D eigenvalue weighted by molar-refractivity contribution is 0.224. The Bertz CT molecular complexity index is 634. The van der Waals surface area contributed by atoms with Crippen LogP contribution in [0.5, 0.6) is 0 Å². The van der Waals surface area contributed by atoms with Gasteiger partial charge in [-0.05, 0) is 36.5 Å². The van der Waals surface area contributed by atoms with Crippen LogP contribution in [0.4, 0.5) is 0 Å². The number of aliphatic hydroxyl groups excluding tert-OH is 1. The minimum atomic E-state index is -0.0417. The van der Waals surface area contributed by atoms with Crippen LogP contribution in [0.1, 0.15) is 22.7 Å². The monoisotopic (exact) mass is 339 g/mol. The highest BCUT2D eigenvalue weighted by molar-refractivity contribution is 7.80. The molecule has 1 fully saturated rings. The molecule has 0 amide bonds. The average Bonchev–Trinajstić information content (AvgIpc) is 3.05. The van der Waals surface area contributed by atoms with Crippen LogP contribution >= 0.6 is 35.2 Å². The topological polar surface area (TPSA) is 48.4 Å². The summed E-state index contributed by atoms with van der Waals surface area (Å²) in [7, 11) is 0. The van der Waals surface area contributed by atoms with E-state index < -0.39 is 0 Å². The maximum absolute atomic E-state index is 9.30. The first-order valence-electron chi connectivity index (χ1n) is 6.55. The minimum absolute atomic E-state index is 0.00273. The lowest BCUT2D eigenvalue weighted by atomic mass is 10.0. The second-order valence-corrected chi connectivity index (χ2v) is 6.82.